The molecule has 0 aliphatic carbocycles. The quantitative estimate of drug-likeness (QED) is 0.896. The molecule has 1 aliphatic rings. The van der Waals surface area contributed by atoms with E-state index >= 15 is 0 Å². The van der Waals surface area contributed by atoms with E-state index in [2.05, 4.69) is 48.3 Å². The van der Waals surface area contributed by atoms with E-state index < -0.39 is 0 Å². The molecule has 2 rings (SSSR count). The van der Waals surface area contributed by atoms with Crippen LogP contribution in [0.4, 0.5) is 0 Å². The van der Waals surface area contributed by atoms with E-state index in [-0.39, 0.29) is 5.54 Å². The lowest BCUT2D eigenvalue weighted by Gasteiger charge is -2.47. The molecule has 2 heterocycles. The molecule has 0 saturated carbocycles. The van der Waals surface area contributed by atoms with Gasteiger partial charge in [0.25, 0.3) is 0 Å². The second kappa shape index (κ2) is 5.04. The summed E-state index contributed by atoms with van der Waals surface area (Å²) in [5, 5.41) is 6.94. The summed E-state index contributed by atoms with van der Waals surface area (Å²) in [5.41, 5.74) is 0.219. The Morgan fingerprint density at radius 1 is 1.59 bits per heavy atom. The van der Waals surface area contributed by atoms with E-state index in [0.29, 0.717) is 12.0 Å². The van der Waals surface area contributed by atoms with Crippen LogP contribution < -0.4 is 5.32 Å². The first-order valence-electron chi connectivity index (χ1n) is 6.36. The van der Waals surface area contributed by atoms with Crippen LogP contribution in [-0.4, -0.2) is 34.6 Å². The highest BCUT2D eigenvalue weighted by molar-refractivity contribution is 7.09. The first-order valence-corrected chi connectivity index (χ1v) is 7.24. The highest BCUT2D eigenvalue weighted by Crippen LogP contribution is 2.24. The fraction of sp³-hybridized carbons (Fsp3) is 0.769. The van der Waals surface area contributed by atoms with Crippen LogP contribution in [0.3, 0.4) is 0 Å². The van der Waals surface area contributed by atoms with Crippen molar-refractivity contribution in [2.24, 2.45) is 5.92 Å². The molecule has 0 aromatic carbocycles. The molecule has 96 valence electrons. The molecule has 4 heteroatoms. The van der Waals surface area contributed by atoms with E-state index in [0.717, 1.165) is 19.6 Å². The van der Waals surface area contributed by atoms with E-state index in [9.17, 15) is 0 Å². The van der Waals surface area contributed by atoms with Crippen molar-refractivity contribution in [2.45, 2.75) is 45.8 Å². The number of aromatic nitrogens is 1. The van der Waals surface area contributed by atoms with Gasteiger partial charge in [-0.05, 0) is 19.8 Å². The minimum absolute atomic E-state index is 0.219. The Hall–Kier alpha value is -0.450. The number of nitrogens with zero attached hydrogens (tertiary/aromatic N) is 2. The van der Waals surface area contributed by atoms with Gasteiger partial charge in [-0.1, -0.05) is 13.8 Å². The number of thiazole rings is 1. The fourth-order valence-corrected chi connectivity index (χ4v) is 2.89. The zero-order valence-electron chi connectivity index (χ0n) is 11.2. The predicted octanol–water partition coefficient (Wildman–Crippen LogP) is 2.35. The molecule has 1 aromatic rings. The normalized spacial score (nSPS) is 25.4. The van der Waals surface area contributed by atoms with E-state index in [4.69, 9.17) is 0 Å². The molecule has 0 amide bonds. The molecular formula is C13H23N3S. The zero-order valence-corrected chi connectivity index (χ0v) is 12.0. The summed E-state index contributed by atoms with van der Waals surface area (Å²) in [4.78, 5) is 6.96. The Labute approximate surface area is 108 Å². The first-order chi connectivity index (χ1) is 7.99. The van der Waals surface area contributed by atoms with E-state index in [1.165, 1.54) is 5.01 Å². The van der Waals surface area contributed by atoms with E-state index in [1.807, 2.05) is 6.20 Å². The largest absolute Gasteiger partial charge is 0.311 e. The smallest absolute Gasteiger partial charge is 0.107 e. The summed E-state index contributed by atoms with van der Waals surface area (Å²) in [5.74, 6) is 0.685. The van der Waals surface area contributed by atoms with Crippen LogP contribution in [-0.2, 0) is 6.54 Å². The van der Waals surface area contributed by atoms with Crippen molar-refractivity contribution in [3.05, 3.63) is 16.6 Å². The van der Waals surface area contributed by atoms with Gasteiger partial charge in [-0.3, -0.25) is 4.90 Å². The number of hydrogen-bond acceptors (Lipinski definition) is 4. The summed E-state index contributed by atoms with van der Waals surface area (Å²) in [6.07, 6.45) is 1.90. The van der Waals surface area contributed by atoms with Crippen LogP contribution in [0.2, 0.25) is 0 Å². The fourth-order valence-electron chi connectivity index (χ4n) is 2.26. The molecule has 1 N–H and O–H groups in total. The molecule has 1 aromatic heterocycles. The third kappa shape index (κ3) is 3.06. The first kappa shape index (κ1) is 13.0. The lowest BCUT2D eigenvalue weighted by atomic mass is 9.93. The molecule has 17 heavy (non-hydrogen) atoms. The summed E-state index contributed by atoms with van der Waals surface area (Å²) < 4.78 is 0. The van der Waals surface area contributed by atoms with Crippen molar-refractivity contribution < 1.29 is 0 Å². The van der Waals surface area contributed by atoms with Crippen molar-refractivity contribution in [2.75, 3.05) is 13.1 Å². The molecule has 1 fully saturated rings. The zero-order chi connectivity index (χ0) is 12.5. The number of nitrogens with one attached hydrogen (secondary N) is 1. The Balaban J connectivity index is 2.05. The van der Waals surface area contributed by atoms with Crippen molar-refractivity contribution >= 4 is 11.3 Å². The average Bonchev–Trinajstić information content (AvgIpc) is 2.73. The second-order valence-corrected chi connectivity index (χ2v) is 6.83. The summed E-state index contributed by atoms with van der Waals surface area (Å²) in [6, 6.07) is 0.600. The maximum Gasteiger partial charge on any atom is 0.107 e. The van der Waals surface area contributed by atoms with Gasteiger partial charge in [-0.25, -0.2) is 4.98 Å². The SMILES string of the molecule is CC(C)C1CN(Cc2nccs2)C(C)(C)CN1. The molecule has 1 saturated heterocycles. The Morgan fingerprint density at radius 3 is 2.94 bits per heavy atom. The maximum atomic E-state index is 4.40. The van der Waals surface area contributed by atoms with Crippen LogP contribution >= 0.6 is 11.3 Å². The molecule has 1 unspecified atom stereocenters. The van der Waals surface area contributed by atoms with Crippen LogP contribution in [0.1, 0.15) is 32.7 Å². The summed E-state index contributed by atoms with van der Waals surface area (Å²) in [6.45, 7) is 12.4. The van der Waals surface area contributed by atoms with Crippen molar-refractivity contribution in [3.63, 3.8) is 0 Å². The molecule has 0 spiro atoms. The monoisotopic (exact) mass is 253 g/mol. The van der Waals surface area contributed by atoms with Crippen LogP contribution in [0.15, 0.2) is 11.6 Å². The van der Waals surface area contributed by atoms with Gasteiger partial charge in [-0.2, -0.15) is 0 Å². The minimum Gasteiger partial charge on any atom is -0.311 e. The molecule has 1 aliphatic heterocycles. The molecule has 0 radical (unpaired) electrons. The van der Waals surface area contributed by atoms with Gasteiger partial charge in [0.15, 0.2) is 0 Å². The third-order valence-corrected chi connectivity index (χ3v) is 4.45. The van der Waals surface area contributed by atoms with Crippen LogP contribution in [0.25, 0.3) is 0 Å². The van der Waals surface area contributed by atoms with Gasteiger partial charge in [0.1, 0.15) is 5.01 Å². The lowest BCUT2D eigenvalue weighted by molar-refractivity contribution is 0.0474. The molecule has 3 nitrogen and oxygen atoms in total. The molecule has 1 atom stereocenters. The Kier molecular flexibility index (Phi) is 3.85. The minimum atomic E-state index is 0.219. The summed E-state index contributed by atoms with van der Waals surface area (Å²) >= 11 is 1.75. The second-order valence-electron chi connectivity index (χ2n) is 5.85. The topological polar surface area (TPSA) is 28.2 Å². The highest BCUT2D eigenvalue weighted by atomic mass is 32.1. The van der Waals surface area contributed by atoms with Crippen LogP contribution in [0, 0.1) is 5.92 Å². The van der Waals surface area contributed by atoms with Gasteiger partial charge in [0.2, 0.25) is 0 Å². The lowest BCUT2D eigenvalue weighted by Crippen LogP contribution is -2.62. The van der Waals surface area contributed by atoms with Crippen LogP contribution in [0.5, 0.6) is 0 Å². The predicted molar refractivity (Wildman–Crippen MR) is 73.2 cm³/mol. The van der Waals surface area contributed by atoms with Crippen molar-refractivity contribution in [3.8, 4) is 0 Å². The Bertz CT molecular complexity index is 346. The van der Waals surface area contributed by atoms with Gasteiger partial charge < -0.3 is 5.32 Å². The molecular weight excluding hydrogens is 230 g/mol. The standard InChI is InChI=1S/C13H23N3S/c1-10(2)11-7-16(13(3,4)9-15-11)8-12-14-5-6-17-12/h5-6,10-11,15H,7-9H2,1-4H3. The maximum absolute atomic E-state index is 4.40. The molecule has 0 bridgehead atoms. The average molecular weight is 253 g/mol. The van der Waals surface area contributed by atoms with Gasteiger partial charge in [-0.15, -0.1) is 11.3 Å². The Morgan fingerprint density at radius 2 is 2.35 bits per heavy atom. The number of piperazine rings is 1. The highest BCUT2D eigenvalue weighted by Gasteiger charge is 2.35. The van der Waals surface area contributed by atoms with Gasteiger partial charge in [0.05, 0.1) is 6.54 Å². The van der Waals surface area contributed by atoms with Crippen molar-refractivity contribution in [1.29, 1.82) is 0 Å². The number of rotatable bonds is 3. The summed E-state index contributed by atoms with van der Waals surface area (Å²) in [7, 11) is 0. The number of hydrogen-bond donors (Lipinski definition) is 1. The third-order valence-electron chi connectivity index (χ3n) is 3.68. The van der Waals surface area contributed by atoms with Gasteiger partial charge >= 0.3 is 0 Å². The van der Waals surface area contributed by atoms with Crippen molar-refractivity contribution in [1.82, 2.24) is 15.2 Å². The van der Waals surface area contributed by atoms with Gasteiger partial charge in [0, 0.05) is 36.2 Å². The van der Waals surface area contributed by atoms with E-state index in [1.54, 1.807) is 11.3 Å².